The predicted molar refractivity (Wildman–Crippen MR) is 54.7 cm³/mol. The number of aromatic nitrogens is 4. The lowest BCUT2D eigenvalue weighted by atomic mass is 9.78. The van der Waals surface area contributed by atoms with Crippen LogP contribution in [0, 0.1) is 0 Å². The fourth-order valence-corrected chi connectivity index (χ4v) is 1.66. The smallest absolute Gasteiger partial charge is 0.180 e. The number of tetrazole rings is 1. The van der Waals surface area contributed by atoms with Crippen molar-refractivity contribution >= 4 is 0 Å². The van der Waals surface area contributed by atoms with Gasteiger partial charge in [0, 0.05) is 11.0 Å². The molecule has 0 spiro atoms. The van der Waals surface area contributed by atoms with Crippen LogP contribution in [0.2, 0.25) is 0 Å². The van der Waals surface area contributed by atoms with Crippen LogP contribution < -0.4 is 5.73 Å². The van der Waals surface area contributed by atoms with Gasteiger partial charge in [0.05, 0.1) is 0 Å². The molecule has 1 rings (SSSR count). The minimum absolute atomic E-state index is 0.132. The lowest BCUT2D eigenvalue weighted by Gasteiger charge is -2.31. The van der Waals surface area contributed by atoms with Crippen molar-refractivity contribution in [3.05, 3.63) is 5.82 Å². The Balaban J connectivity index is 2.77. The molecule has 0 aliphatic carbocycles. The van der Waals surface area contributed by atoms with E-state index in [1.807, 2.05) is 0 Å². The van der Waals surface area contributed by atoms with Gasteiger partial charge in [-0.1, -0.05) is 26.0 Å². The van der Waals surface area contributed by atoms with Gasteiger partial charge in [-0.2, -0.15) is 5.21 Å². The zero-order chi connectivity index (χ0) is 10.8. The first-order valence-corrected chi connectivity index (χ1v) is 4.90. The Morgan fingerprint density at radius 1 is 1.36 bits per heavy atom. The van der Waals surface area contributed by atoms with Gasteiger partial charge in [0.25, 0.3) is 0 Å². The first kappa shape index (κ1) is 11.1. The van der Waals surface area contributed by atoms with Gasteiger partial charge in [-0.25, -0.2) is 0 Å². The Bertz CT molecular complexity index is 275. The first-order chi connectivity index (χ1) is 6.37. The number of nitrogens with one attached hydrogen (secondary N) is 1. The highest BCUT2D eigenvalue weighted by Gasteiger charge is 2.32. The molecule has 0 bridgehead atoms. The van der Waals surface area contributed by atoms with Crippen molar-refractivity contribution in [2.45, 2.75) is 51.5 Å². The Kier molecular flexibility index (Phi) is 2.89. The molecule has 0 aliphatic rings. The molecule has 5 nitrogen and oxygen atoms in total. The van der Waals surface area contributed by atoms with E-state index in [-0.39, 0.29) is 11.0 Å². The second-order valence-electron chi connectivity index (χ2n) is 4.80. The SMILES string of the molecule is CCC(C)(N)CC(C)(C)c1nn[nH]n1. The van der Waals surface area contributed by atoms with E-state index in [9.17, 15) is 0 Å². The number of nitrogens with two attached hydrogens (primary N) is 1. The molecule has 1 aromatic rings. The second-order valence-corrected chi connectivity index (χ2v) is 4.80. The van der Waals surface area contributed by atoms with Crippen molar-refractivity contribution in [1.29, 1.82) is 0 Å². The molecule has 0 fully saturated rings. The molecule has 0 radical (unpaired) electrons. The standard InChI is InChI=1S/C9H19N5/c1-5-9(4,10)6-8(2,3)7-11-13-14-12-7/h5-6,10H2,1-4H3,(H,11,12,13,14). The summed E-state index contributed by atoms with van der Waals surface area (Å²) in [7, 11) is 0. The molecule has 14 heavy (non-hydrogen) atoms. The summed E-state index contributed by atoms with van der Waals surface area (Å²) in [6.07, 6.45) is 1.78. The van der Waals surface area contributed by atoms with Gasteiger partial charge in [0.1, 0.15) is 0 Å². The van der Waals surface area contributed by atoms with Gasteiger partial charge in [-0.15, -0.1) is 10.2 Å². The summed E-state index contributed by atoms with van der Waals surface area (Å²) in [6.45, 7) is 8.30. The van der Waals surface area contributed by atoms with E-state index in [1.54, 1.807) is 0 Å². The van der Waals surface area contributed by atoms with Crippen LogP contribution in [0.25, 0.3) is 0 Å². The van der Waals surface area contributed by atoms with E-state index in [2.05, 4.69) is 48.3 Å². The minimum Gasteiger partial charge on any atom is -0.325 e. The third-order valence-corrected chi connectivity index (χ3v) is 2.60. The van der Waals surface area contributed by atoms with Gasteiger partial charge >= 0.3 is 0 Å². The molecule has 0 aliphatic heterocycles. The molecule has 1 unspecified atom stereocenters. The van der Waals surface area contributed by atoms with Crippen LogP contribution in [0.3, 0.4) is 0 Å². The van der Waals surface area contributed by atoms with Gasteiger partial charge in [0.2, 0.25) is 0 Å². The predicted octanol–water partition coefficient (Wildman–Crippen LogP) is 0.995. The van der Waals surface area contributed by atoms with Crippen molar-refractivity contribution in [2.75, 3.05) is 0 Å². The molecule has 1 aromatic heterocycles. The zero-order valence-electron chi connectivity index (χ0n) is 9.33. The van der Waals surface area contributed by atoms with E-state index < -0.39 is 0 Å². The fraction of sp³-hybridized carbons (Fsp3) is 0.889. The van der Waals surface area contributed by atoms with E-state index in [1.165, 1.54) is 0 Å². The fourth-order valence-electron chi connectivity index (χ4n) is 1.66. The largest absolute Gasteiger partial charge is 0.325 e. The summed E-state index contributed by atoms with van der Waals surface area (Å²) in [5.74, 6) is 0.725. The zero-order valence-corrected chi connectivity index (χ0v) is 9.33. The molecule has 0 amide bonds. The Hall–Kier alpha value is -0.970. The van der Waals surface area contributed by atoms with Crippen molar-refractivity contribution < 1.29 is 0 Å². The van der Waals surface area contributed by atoms with E-state index >= 15 is 0 Å². The topological polar surface area (TPSA) is 80.5 Å². The van der Waals surface area contributed by atoms with Gasteiger partial charge < -0.3 is 5.73 Å². The summed E-state index contributed by atoms with van der Waals surface area (Å²) >= 11 is 0. The molecule has 1 atom stereocenters. The van der Waals surface area contributed by atoms with Crippen LogP contribution in [-0.4, -0.2) is 26.2 Å². The third kappa shape index (κ3) is 2.51. The van der Waals surface area contributed by atoms with Crippen molar-refractivity contribution in [3.63, 3.8) is 0 Å². The van der Waals surface area contributed by atoms with Crippen molar-refractivity contribution in [3.8, 4) is 0 Å². The normalized spacial score (nSPS) is 16.6. The summed E-state index contributed by atoms with van der Waals surface area (Å²) in [6, 6.07) is 0. The lowest BCUT2D eigenvalue weighted by Crippen LogP contribution is -2.41. The third-order valence-electron chi connectivity index (χ3n) is 2.60. The average Bonchev–Trinajstić information content (AvgIpc) is 2.54. The van der Waals surface area contributed by atoms with E-state index in [0.717, 1.165) is 18.7 Å². The minimum atomic E-state index is -0.176. The quantitative estimate of drug-likeness (QED) is 0.754. The number of aromatic amines is 1. The summed E-state index contributed by atoms with van der Waals surface area (Å²) in [5, 5.41) is 14.0. The number of hydrogen-bond acceptors (Lipinski definition) is 4. The molecule has 0 saturated carbocycles. The van der Waals surface area contributed by atoms with Crippen LogP contribution >= 0.6 is 0 Å². The van der Waals surface area contributed by atoms with Crippen LogP contribution in [-0.2, 0) is 5.41 Å². The molecule has 3 N–H and O–H groups in total. The highest BCUT2D eigenvalue weighted by atomic mass is 15.5. The summed E-state index contributed by atoms with van der Waals surface area (Å²) in [4.78, 5) is 0. The molecule has 1 heterocycles. The van der Waals surface area contributed by atoms with Gasteiger partial charge in [0.15, 0.2) is 5.82 Å². The molecule has 80 valence electrons. The van der Waals surface area contributed by atoms with Crippen LogP contribution in [0.5, 0.6) is 0 Å². The number of nitrogens with zero attached hydrogens (tertiary/aromatic N) is 3. The van der Waals surface area contributed by atoms with Crippen LogP contribution in [0.4, 0.5) is 0 Å². The average molecular weight is 197 g/mol. The Morgan fingerprint density at radius 3 is 2.43 bits per heavy atom. The highest BCUT2D eigenvalue weighted by molar-refractivity contribution is 5.03. The van der Waals surface area contributed by atoms with Crippen LogP contribution in [0.1, 0.15) is 46.4 Å². The maximum absolute atomic E-state index is 6.12. The Morgan fingerprint density at radius 2 is 2.00 bits per heavy atom. The van der Waals surface area contributed by atoms with E-state index in [0.29, 0.717) is 0 Å². The maximum atomic E-state index is 6.12. The van der Waals surface area contributed by atoms with Crippen LogP contribution in [0.15, 0.2) is 0 Å². The molecule has 5 heteroatoms. The lowest BCUT2D eigenvalue weighted by molar-refractivity contribution is 0.309. The molecular formula is C9H19N5. The second kappa shape index (κ2) is 3.65. The summed E-state index contributed by atoms with van der Waals surface area (Å²) < 4.78 is 0. The summed E-state index contributed by atoms with van der Waals surface area (Å²) in [5.41, 5.74) is 5.81. The maximum Gasteiger partial charge on any atom is 0.180 e. The van der Waals surface area contributed by atoms with Gasteiger partial charge in [-0.05, 0) is 19.8 Å². The molecule has 0 saturated heterocycles. The van der Waals surface area contributed by atoms with Crippen molar-refractivity contribution in [1.82, 2.24) is 20.6 Å². The van der Waals surface area contributed by atoms with Crippen molar-refractivity contribution in [2.24, 2.45) is 5.73 Å². The highest BCUT2D eigenvalue weighted by Crippen LogP contribution is 2.29. The van der Waals surface area contributed by atoms with E-state index in [4.69, 9.17) is 5.73 Å². The molecular weight excluding hydrogens is 178 g/mol. The first-order valence-electron chi connectivity index (χ1n) is 4.90. The Labute approximate surface area is 84.5 Å². The monoisotopic (exact) mass is 197 g/mol. The molecule has 0 aromatic carbocycles. The van der Waals surface area contributed by atoms with Gasteiger partial charge in [-0.3, -0.25) is 0 Å². The number of hydrogen-bond donors (Lipinski definition) is 2. The number of H-pyrrole nitrogens is 1. The number of rotatable bonds is 4.